The first-order valence-electron chi connectivity index (χ1n) is 11.7. The van der Waals surface area contributed by atoms with Gasteiger partial charge in [0, 0.05) is 10.7 Å². The summed E-state index contributed by atoms with van der Waals surface area (Å²) in [6.45, 7) is 2.26. The highest BCUT2D eigenvalue weighted by atomic mass is 35.5. The maximum atomic E-state index is 13.6. The molecule has 1 aliphatic heterocycles. The van der Waals surface area contributed by atoms with Gasteiger partial charge in [-0.1, -0.05) is 23.4 Å². The summed E-state index contributed by atoms with van der Waals surface area (Å²) >= 11 is 7.10. The molecule has 1 aromatic heterocycles. The monoisotopic (exact) mass is 575 g/mol. The second-order valence-corrected chi connectivity index (χ2v) is 9.87. The number of benzene rings is 2. The number of furan rings is 1. The molecule has 0 spiro atoms. The highest BCUT2D eigenvalue weighted by molar-refractivity contribution is 8.05. The summed E-state index contributed by atoms with van der Waals surface area (Å²) in [7, 11) is 0. The first kappa shape index (κ1) is 28.1. The van der Waals surface area contributed by atoms with E-state index >= 15 is 0 Å². The zero-order chi connectivity index (χ0) is 28.2. The number of rotatable bonds is 8. The van der Waals surface area contributed by atoms with Crippen LogP contribution in [0.15, 0.2) is 75.9 Å². The lowest BCUT2D eigenvalue weighted by Gasteiger charge is -2.19. The van der Waals surface area contributed by atoms with Crippen LogP contribution in [0.4, 0.5) is 18.9 Å². The zero-order valence-corrected chi connectivity index (χ0v) is 22.0. The lowest BCUT2D eigenvalue weighted by Crippen LogP contribution is -2.32. The van der Waals surface area contributed by atoms with E-state index in [4.69, 9.17) is 20.8 Å². The molecule has 1 unspecified atom stereocenters. The van der Waals surface area contributed by atoms with E-state index in [1.165, 1.54) is 11.2 Å². The summed E-state index contributed by atoms with van der Waals surface area (Å²) in [4.78, 5) is 27.9. The lowest BCUT2D eigenvalue weighted by atomic mass is 10.0. The minimum Gasteiger partial charge on any atom is -0.494 e. The number of halogens is 4. The summed E-state index contributed by atoms with van der Waals surface area (Å²) in [6, 6.07) is 14.5. The van der Waals surface area contributed by atoms with E-state index in [2.05, 4.69) is 5.32 Å². The Morgan fingerprint density at radius 2 is 1.97 bits per heavy atom. The molecule has 1 fully saturated rings. The van der Waals surface area contributed by atoms with Gasteiger partial charge in [-0.05, 0) is 73.5 Å². The zero-order valence-electron chi connectivity index (χ0n) is 20.4. The molecule has 12 heteroatoms. The van der Waals surface area contributed by atoms with Gasteiger partial charge in [-0.15, -0.1) is 0 Å². The number of nitrogens with zero attached hydrogens (tertiary/aromatic N) is 2. The van der Waals surface area contributed by atoms with Crippen LogP contribution in [0.2, 0.25) is 5.02 Å². The Morgan fingerprint density at radius 1 is 1.23 bits per heavy atom. The molecule has 1 N–H and O–H groups in total. The minimum absolute atomic E-state index is 0.00916. The van der Waals surface area contributed by atoms with Crippen molar-refractivity contribution >= 4 is 40.9 Å². The maximum absolute atomic E-state index is 13.6. The predicted octanol–water partition coefficient (Wildman–Crippen LogP) is 6.09. The highest BCUT2D eigenvalue weighted by Gasteiger charge is 2.41. The molecule has 2 aromatic carbocycles. The van der Waals surface area contributed by atoms with Crippen molar-refractivity contribution in [1.82, 2.24) is 5.32 Å². The van der Waals surface area contributed by atoms with E-state index in [9.17, 15) is 28.0 Å². The number of carbonyl (C=O) groups excluding carboxylic acids is 2. The van der Waals surface area contributed by atoms with Crippen LogP contribution in [0.3, 0.4) is 0 Å². The molecule has 0 aliphatic carbocycles. The Morgan fingerprint density at radius 3 is 2.59 bits per heavy atom. The molecule has 1 saturated heterocycles. The third kappa shape index (κ3) is 6.41. The van der Waals surface area contributed by atoms with E-state index < -0.39 is 28.8 Å². The van der Waals surface area contributed by atoms with Gasteiger partial charge < -0.3 is 14.5 Å². The van der Waals surface area contributed by atoms with Crippen LogP contribution in [-0.4, -0.2) is 23.7 Å². The SMILES string of the molecule is CCOc1ccc(N2C(=O)C(Cc3cc(C(F)(F)F)ccc3Cl)S/C2=C(/C#N)C(=O)NCc2ccco2)cc1. The van der Waals surface area contributed by atoms with Crippen molar-refractivity contribution in [2.45, 2.75) is 31.3 Å². The van der Waals surface area contributed by atoms with E-state index in [1.54, 1.807) is 36.4 Å². The summed E-state index contributed by atoms with van der Waals surface area (Å²) in [5, 5.41) is 11.7. The molecule has 0 radical (unpaired) electrons. The number of hydrogen-bond donors (Lipinski definition) is 1. The van der Waals surface area contributed by atoms with Crippen molar-refractivity contribution in [3.63, 3.8) is 0 Å². The van der Waals surface area contributed by atoms with Gasteiger partial charge >= 0.3 is 6.18 Å². The number of hydrogen-bond acceptors (Lipinski definition) is 6. The summed E-state index contributed by atoms with van der Waals surface area (Å²) < 4.78 is 50.6. The van der Waals surface area contributed by atoms with Crippen molar-refractivity contribution in [2.75, 3.05) is 11.5 Å². The van der Waals surface area contributed by atoms with Gasteiger partial charge in [-0.3, -0.25) is 14.5 Å². The fourth-order valence-corrected chi connectivity index (χ4v) is 5.35. The van der Waals surface area contributed by atoms with Crippen molar-refractivity contribution in [3.05, 3.63) is 93.4 Å². The standard InChI is InChI=1S/C27H21ClF3N3O4S/c1-2-37-19-8-6-18(7-9-19)34-25(36)23(13-16-12-17(27(29,30)31)5-10-22(16)28)39-26(34)21(14-32)24(35)33-15-20-4-3-11-38-20/h3-12,23H,2,13,15H2,1H3,(H,33,35)/b26-21-. The fraction of sp³-hybridized carbons (Fsp3) is 0.222. The average molecular weight is 576 g/mol. The molecule has 0 saturated carbocycles. The number of ether oxygens (including phenoxy) is 1. The molecule has 2 amide bonds. The van der Waals surface area contributed by atoms with Crippen LogP contribution in [0.1, 0.15) is 23.8 Å². The maximum Gasteiger partial charge on any atom is 0.416 e. The van der Waals surface area contributed by atoms with Gasteiger partial charge in [0.15, 0.2) is 0 Å². The molecule has 1 aliphatic rings. The van der Waals surface area contributed by atoms with Crippen LogP contribution >= 0.6 is 23.4 Å². The van der Waals surface area contributed by atoms with Gasteiger partial charge in [-0.25, -0.2) is 0 Å². The average Bonchev–Trinajstić information content (AvgIpc) is 3.53. The molecule has 3 aromatic rings. The first-order valence-corrected chi connectivity index (χ1v) is 12.9. The Bertz CT molecular complexity index is 1430. The van der Waals surface area contributed by atoms with Crippen molar-refractivity contribution in [3.8, 4) is 11.8 Å². The van der Waals surface area contributed by atoms with E-state index in [1.807, 2.05) is 13.0 Å². The number of anilines is 1. The third-order valence-corrected chi connectivity index (χ3v) is 7.32. The van der Waals surface area contributed by atoms with Crippen LogP contribution in [0, 0.1) is 11.3 Å². The Kier molecular flexibility index (Phi) is 8.57. The summed E-state index contributed by atoms with van der Waals surface area (Å²) in [5.74, 6) is -0.242. The molecular formula is C27H21ClF3N3O4S. The molecule has 4 rings (SSSR count). The topological polar surface area (TPSA) is 95.6 Å². The summed E-state index contributed by atoms with van der Waals surface area (Å²) in [5.41, 5.74) is -0.751. The van der Waals surface area contributed by atoms with Gasteiger partial charge in [0.25, 0.3) is 5.91 Å². The smallest absolute Gasteiger partial charge is 0.416 e. The number of carbonyl (C=O) groups is 2. The molecule has 1 atom stereocenters. The van der Waals surface area contributed by atoms with Crippen LogP contribution in [0.5, 0.6) is 5.75 Å². The first-order chi connectivity index (χ1) is 18.6. The van der Waals surface area contributed by atoms with Gasteiger partial charge in [0.1, 0.15) is 28.2 Å². The van der Waals surface area contributed by atoms with Crippen LogP contribution in [-0.2, 0) is 28.7 Å². The number of nitriles is 1. The van der Waals surface area contributed by atoms with E-state index in [0.29, 0.717) is 23.8 Å². The van der Waals surface area contributed by atoms with Gasteiger partial charge in [-0.2, -0.15) is 18.4 Å². The second-order valence-electron chi connectivity index (χ2n) is 8.27. The van der Waals surface area contributed by atoms with Gasteiger partial charge in [0.05, 0.1) is 30.2 Å². The van der Waals surface area contributed by atoms with Crippen LogP contribution in [0.25, 0.3) is 0 Å². The molecular weight excluding hydrogens is 555 g/mol. The molecule has 2 heterocycles. The predicted molar refractivity (Wildman–Crippen MR) is 140 cm³/mol. The van der Waals surface area contributed by atoms with Crippen LogP contribution < -0.4 is 15.0 Å². The Balaban J connectivity index is 1.70. The highest BCUT2D eigenvalue weighted by Crippen LogP contribution is 2.43. The molecule has 0 bridgehead atoms. The number of thioether (sulfide) groups is 1. The third-order valence-electron chi connectivity index (χ3n) is 5.69. The number of alkyl halides is 3. The minimum atomic E-state index is -4.59. The number of amides is 2. The van der Waals surface area contributed by atoms with Crippen molar-refractivity contribution in [1.29, 1.82) is 5.26 Å². The number of nitrogens with one attached hydrogen (secondary N) is 1. The lowest BCUT2D eigenvalue weighted by molar-refractivity contribution is -0.137. The molecule has 202 valence electrons. The van der Waals surface area contributed by atoms with Gasteiger partial charge in [0.2, 0.25) is 5.91 Å². The van der Waals surface area contributed by atoms with E-state index in [0.717, 1.165) is 30.0 Å². The second kappa shape index (κ2) is 11.9. The van der Waals surface area contributed by atoms with E-state index in [-0.39, 0.29) is 34.2 Å². The molecule has 39 heavy (non-hydrogen) atoms. The van der Waals surface area contributed by atoms with Crippen molar-refractivity contribution in [2.24, 2.45) is 0 Å². The molecule has 7 nitrogen and oxygen atoms in total. The quantitative estimate of drug-likeness (QED) is 0.258. The normalized spacial score (nSPS) is 16.7. The Labute approximate surface area is 231 Å². The van der Waals surface area contributed by atoms with Crippen molar-refractivity contribution < 1.29 is 31.9 Å². The largest absolute Gasteiger partial charge is 0.494 e. The fourth-order valence-electron chi connectivity index (χ4n) is 3.86. The Hall–Kier alpha value is -3.88. The summed E-state index contributed by atoms with van der Waals surface area (Å²) in [6.07, 6.45) is -3.31.